The molecule has 0 atom stereocenters. The van der Waals surface area contributed by atoms with E-state index in [1.165, 1.54) is 0 Å². The van der Waals surface area contributed by atoms with Gasteiger partial charge in [0.2, 0.25) is 0 Å². The molecule has 1 aromatic carbocycles. The molecule has 0 spiro atoms. The lowest BCUT2D eigenvalue weighted by molar-refractivity contribution is 0.876. The zero-order valence-corrected chi connectivity index (χ0v) is 9.57. The summed E-state index contributed by atoms with van der Waals surface area (Å²) in [6, 6.07) is 7.72. The molecule has 1 aromatic heterocycles. The standard InChI is InChI=1S/C12H10ClN3/c1-9-7-15-16(8-9)12-3-2-10(5-13)4-11(12)6-14/h2-4,7-8H,5H2,1H3. The minimum absolute atomic E-state index is 0.410. The fourth-order valence-corrected chi connectivity index (χ4v) is 1.67. The normalized spacial score (nSPS) is 10.1. The predicted octanol–water partition coefficient (Wildman–Crippen LogP) is 2.79. The largest absolute Gasteiger partial charge is 0.239 e. The van der Waals surface area contributed by atoms with Crippen molar-refractivity contribution in [3.05, 3.63) is 47.3 Å². The summed E-state index contributed by atoms with van der Waals surface area (Å²) in [5.74, 6) is 0.410. The number of rotatable bonds is 2. The Morgan fingerprint density at radius 2 is 2.31 bits per heavy atom. The van der Waals surface area contributed by atoms with Crippen LogP contribution in [0.3, 0.4) is 0 Å². The molecule has 0 aliphatic rings. The predicted molar refractivity (Wildman–Crippen MR) is 62.6 cm³/mol. The Bertz CT molecular complexity index is 552. The van der Waals surface area contributed by atoms with Crippen LogP contribution in [0.5, 0.6) is 0 Å². The summed E-state index contributed by atoms with van der Waals surface area (Å²) in [5, 5.41) is 13.3. The van der Waals surface area contributed by atoms with E-state index >= 15 is 0 Å². The first-order valence-corrected chi connectivity index (χ1v) is 5.38. The Morgan fingerprint density at radius 1 is 1.50 bits per heavy atom. The quantitative estimate of drug-likeness (QED) is 0.746. The van der Waals surface area contributed by atoms with Crippen LogP contribution in [0, 0.1) is 18.3 Å². The smallest absolute Gasteiger partial charge is 0.101 e. The van der Waals surface area contributed by atoms with E-state index < -0.39 is 0 Å². The topological polar surface area (TPSA) is 41.6 Å². The summed E-state index contributed by atoms with van der Waals surface area (Å²) in [6.45, 7) is 1.96. The maximum absolute atomic E-state index is 9.07. The fraction of sp³-hybridized carbons (Fsp3) is 0.167. The molecule has 0 saturated carbocycles. The van der Waals surface area contributed by atoms with E-state index in [-0.39, 0.29) is 0 Å². The van der Waals surface area contributed by atoms with Crippen molar-refractivity contribution in [2.45, 2.75) is 12.8 Å². The summed E-state index contributed by atoms with van der Waals surface area (Å²) in [6.07, 6.45) is 3.65. The van der Waals surface area contributed by atoms with Crippen LogP contribution in [0.1, 0.15) is 16.7 Å². The van der Waals surface area contributed by atoms with Crippen LogP contribution in [0.15, 0.2) is 30.6 Å². The van der Waals surface area contributed by atoms with Crippen molar-refractivity contribution in [1.82, 2.24) is 9.78 Å². The molecule has 0 unspecified atom stereocenters. The fourth-order valence-electron chi connectivity index (χ4n) is 1.50. The molecule has 0 aliphatic heterocycles. The monoisotopic (exact) mass is 231 g/mol. The first-order valence-electron chi connectivity index (χ1n) is 4.85. The van der Waals surface area contributed by atoms with E-state index in [1.54, 1.807) is 16.9 Å². The van der Waals surface area contributed by atoms with Gasteiger partial charge >= 0.3 is 0 Å². The number of halogens is 1. The van der Waals surface area contributed by atoms with Crippen molar-refractivity contribution in [3.8, 4) is 11.8 Å². The molecule has 0 fully saturated rings. The van der Waals surface area contributed by atoms with Gasteiger partial charge in [0.05, 0.1) is 17.4 Å². The highest BCUT2D eigenvalue weighted by atomic mass is 35.5. The highest BCUT2D eigenvalue weighted by Gasteiger charge is 2.06. The number of benzene rings is 1. The maximum Gasteiger partial charge on any atom is 0.101 e. The van der Waals surface area contributed by atoms with Crippen molar-refractivity contribution in [1.29, 1.82) is 5.26 Å². The van der Waals surface area contributed by atoms with E-state index in [0.717, 1.165) is 16.8 Å². The van der Waals surface area contributed by atoms with Crippen LogP contribution in [0.2, 0.25) is 0 Å². The van der Waals surface area contributed by atoms with Gasteiger partial charge in [0.25, 0.3) is 0 Å². The molecule has 0 amide bonds. The number of alkyl halides is 1. The van der Waals surface area contributed by atoms with E-state index in [1.807, 2.05) is 25.3 Å². The third kappa shape index (κ3) is 1.93. The van der Waals surface area contributed by atoms with Gasteiger partial charge in [-0.15, -0.1) is 11.6 Å². The lowest BCUT2D eigenvalue weighted by Gasteiger charge is -2.05. The van der Waals surface area contributed by atoms with E-state index in [2.05, 4.69) is 11.2 Å². The number of aromatic nitrogens is 2. The summed E-state index contributed by atoms with van der Waals surface area (Å²) >= 11 is 5.73. The van der Waals surface area contributed by atoms with Gasteiger partial charge in [-0.1, -0.05) is 6.07 Å². The molecule has 1 heterocycles. The van der Waals surface area contributed by atoms with Crippen LogP contribution >= 0.6 is 11.6 Å². The Kier molecular flexibility index (Phi) is 2.93. The molecule has 2 rings (SSSR count). The third-order valence-corrected chi connectivity index (χ3v) is 2.60. The second-order valence-corrected chi connectivity index (χ2v) is 3.83. The molecular weight excluding hydrogens is 222 g/mol. The number of hydrogen-bond donors (Lipinski definition) is 0. The Balaban J connectivity index is 2.53. The summed E-state index contributed by atoms with van der Waals surface area (Å²) in [7, 11) is 0. The lowest BCUT2D eigenvalue weighted by Crippen LogP contribution is -1.98. The Labute approximate surface area is 98.9 Å². The number of nitrogens with zero attached hydrogens (tertiary/aromatic N) is 3. The van der Waals surface area contributed by atoms with Crippen LogP contribution in [-0.2, 0) is 5.88 Å². The second-order valence-electron chi connectivity index (χ2n) is 3.56. The molecule has 4 heteroatoms. The first-order chi connectivity index (χ1) is 7.74. The van der Waals surface area contributed by atoms with Gasteiger partial charge in [-0.25, -0.2) is 4.68 Å². The van der Waals surface area contributed by atoms with Crippen LogP contribution < -0.4 is 0 Å². The number of hydrogen-bond acceptors (Lipinski definition) is 2. The minimum atomic E-state index is 0.410. The van der Waals surface area contributed by atoms with Crippen LogP contribution in [0.25, 0.3) is 5.69 Å². The molecule has 0 aliphatic carbocycles. The van der Waals surface area contributed by atoms with Gasteiger partial charge < -0.3 is 0 Å². The molecule has 0 saturated heterocycles. The molecule has 2 aromatic rings. The third-order valence-electron chi connectivity index (χ3n) is 2.29. The van der Waals surface area contributed by atoms with E-state index in [4.69, 9.17) is 16.9 Å². The highest BCUT2D eigenvalue weighted by Crippen LogP contribution is 2.17. The van der Waals surface area contributed by atoms with Crippen molar-refractivity contribution in [2.75, 3.05) is 0 Å². The van der Waals surface area contributed by atoms with Gasteiger partial charge in [-0.05, 0) is 30.2 Å². The molecular formula is C12H10ClN3. The molecule has 80 valence electrons. The Hall–Kier alpha value is -1.79. The number of aryl methyl sites for hydroxylation is 1. The van der Waals surface area contributed by atoms with Gasteiger partial charge in [0.15, 0.2) is 0 Å². The van der Waals surface area contributed by atoms with E-state index in [0.29, 0.717) is 11.4 Å². The van der Waals surface area contributed by atoms with Crippen molar-refractivity contribution >= 4 is 11.6 Å². The highest BCUT2D eigenvalue weighted by molar-refractivity contribution is 6.17. The SMILES string of the molecule is Cc1cnn(-c2ccc(CCl)cc2C#N)c1. The van der Waals surface area contributed by atoms with Crippen molar-refractivity contribution in [3.63, 3.8) is 0 Å². The molecule has 16 heavy (non-hydrogen) atoms. The zero-order valence-electron chi connectivity index (χ0n) is 8.81. The Morgan fingerprint density at radius 3 is 2.88 bits per heavy atom. The van der Waals surface area contributed by atoms with Gasteiger partial charge in [0.1, 0.15) is 6.07 Å². The minimum Gasteiger partial charge on any atom is -0.239 e. The first kappa shape index (κ1) is 10.7. The molecule has 3 nitrogen and oxygen atoms in total. The van der Waals surface area contributed by atoms with Gasteiger partial charge in [-0.3, -0.25) is 0 Å². The summed E-state index contributed by atoms with van der Waals surface area (Å²) < 4.78 is 1.70. The summed E-state index contributed by atoms with van der Waals surface area (Å²) in [4.78, 5) is 0. The average molecular weight is 232 g/mol. The average Bonchev–Trinajstić information content (AvgIpc) is 2.74. The number of nitriles is 1. The van der Waals surface area contributed by atoms with Crippen LogP contribution in [0.4, 0.5) is 0 Å². The molecule has 0 radical (unpaired) electrons. The lowest BCUT2D eigenvalue weighted by atomic mass is 10.1. The van der Waals surface area contributed by atoms with E-state index in [9.17, 15) is 0 Å². The zero-order chi connectivity index (χ0) is 11.5. The van der Waals surface area contributed by atoms with Gasteiger partial charge in [-0.2, -0.15) is 10.4 Å². The molecule has 0 bridgehead atoms. The molecule has 0 N–H and O–H groups in total. The van der Waals surface area contributed by atoms with Crippen molar-refractivity contribution < 1.29 is 0 Å². The van der Waals surface area contributed by atoms with Crippen LogP contribution in [-0.4, -0.2) is 9.78 Å². The second kappa shape index (κ2) is 4.38. The maximum atomic E-state index is 9.07. The summed E-state index contributed by atoms with van der Waals surface area (Å²) in [5.41, 5.74) is 3.36. The van der Waals surface area contributed by atoms with Gasteiger partial charge in [0, 0.05) is 12.1 Å². The van der Waals surface area contributed by atoms with Crippen molar-refractivity contribution in [2.24, 2.45) is 0 Å².